The number of rotatable bonds is 0. The van der Waals surface area contributed by atoms with Gasteiger partial charge in [0, 0.05) is 18.7 Å². The molecular formula is C18H19NOS2. The van der Waals surface area contributed by atoms with Gasteiger partial charge in [-0.3, -0.25) is 4.21 Å². The number of thiophene rings is 1. The van der Waals surface area contributed by atoms with Crippen LogP contribution in [0.3, 0.4) is 0 Å². The Morgan fingerprint density at radius 1 is 1.09 bits per heavy atom. The van der Waals surface area contributed by atoms with E-state index in [1.807, 2.05) is 0 Å². The molecule has 1 fully saturated rings. The van der Waals surface area contributed by atoms with E-state index >= 15 is 0 Å². The van der Waals surface area contributed by atoms with Crippen molar-refractivity contribution < 1.29 is 4.21 Å². The third kappa shape index (κ3) is 2.39. The lowest BCUT2D eigenvalue weighted by molar-refractivity contribution is 0.313. The number of piperidine rings is 1. The lowest BCUT2D eigenvalue weighted by atomic mass is 9.88. The minimum absolute atomic E-state index is 0.639. The zero-order valence-corrected chi connectivity index (χ0v) is 14.3. The summed E-state index contributed by atoms with van der Waals surface area (Å²) < 4.78 is 13.8. The minimum Gasteiger partial charge on any atom is -0.306 e. The molecule has 1 saturated heterocycles. The van der Waals surface area contributed by atoms with Gasteiger partial charge in [-0.15, -0.1) is 11.3 Å². The van der Waals surface area contributed by atoms with Gasteiger partial charge in [-0.2, -0.15) is 0 Å². The molecule has 0 unspecified atom stereocenters. The molecule has 0 radical (unpaired) electrons. The summed E-state index contributed by atoms with van der Waals surface area (Å²) in [7, 11) is 1.27. The van der Waals surface area contributed by atoms with Crippen LogP contribution in [0.5, 0.6) is 0 Å². The van der Waals surface area contributed by atoms with Gasteiger partial charge >= 0.3 is 0 Å². The van der Waals surface area contributed by atoms with Gasteiger partial charge in [-0.05, 0) is 48.0 Å². The number of fused-ring (bicyclic) bond motifs is 2. The van der Waals surface area contributed by atoms with E-state index in [0.717, 1.165) is 30.1 Å². The Balaban J connectivity index is 1.96. The zero-order valence-electron chi connectivity index (χ0n) is 12.7. The number of benzene rings is 1. The van der Waals surface area contributed by atoms with Gasteiger partial charge in [0.25, 0.3) is 0 Å². The Morgan fingerprint density at radius 3 is 2.68 bits per heavy atom. The highest BCUT2D eigenvalue weighted by atomic mass is 32.2. The minimum atomic E-state index is -0.921. The number of hydrogen-bond acceptors (Lipinski definition) is 3. The van der Waals surface area contributed by atoms with Crippen LogP contribution in [0.15, 0.2) is 45.5 Å². The zero-order chi connectivity index (χ0) is 15.1. The molecule has 1 aromatic carbocycles. The fourth-order valence-corrected chi connectivity index (χ4v) is 5.90. The van der Waals surface area contributed by atoms with Crippen molar-refractivity contribution in [2.24, 2.45) is 0 Å². The summed E-state index contributed by atoms with van der Waals surface area (Å²) in [5.41, 5.74) is 6.64. The summed E-state index contributed by atoms with van der Waals surface area (Å²) in [6, 6.07) is 10.7. The van der Waals surface area contributed by atoms with Gasteiger partial charge in [-0.25, -0.2) is 0 Å². The highest BCUT2D eigenvalue weighted by Crippen LogP contribution is 2.41. The molecule has 0 aliphatic carbocycles. The maximum absolute atomic E-state index is 12.7. The van der Waals surface area contributed by atoms with Crippen molar-refractivity contribution in [1.82, 2.24) is 4.90 Å². The van der Waals surface area contributed by atoms with Crippen molar-refractivity contribution in [3.05, 3.63) is 58.0 Å². The van der Waals surface area contributed by atoms with Crippen LogP contribution in [0.1, 0.15) is 29.5 Å². The Bertz CT molecular complexity index is 765. The first-order chi connectivity index (χ1) is 10.7. The maximum atomic E-state index is 12.7. The fourth-order valence-electron chi connectivity index (χ4n) is 3.42. The normalized spacial score (nSPS) is 22.1. The topological polar surface area (TPSA) is 20.3 Å². The molecule has 0 spiro atoms. The SMILES string of the molecule is CN1CCC(=C2c3ccccc3C[S@@](=O)c3sccc32)CC1. The maximum Gasteiger partial charge on any atom is 0.0992 e. The van der Waals surface area contributed by atoms with Crippen molar-refractivity contribution in [2.45, 2.75) is 22.8 Å². The van der Waals surface area contributed by atoms with Crippen molar-refractivity contribution in [2.75, 3.05) is 20.1 Å². The second-order valence-corrected chi connectivity index (χ2v) is 8.61. The molecule has 0 N–H and O–H groups in total. The second-order valence-electron chi connectivity index (χ2n) is 6.05. The van der Waals surface area contributed by atoms with Gasteiger partial charge in [0.15, 0.2) is 0 Å². The summed E-state index contributed by atoms with van der Waals surface area (Å²) in [4.78, 5) is 2.39. The first-order valence-corrected chi connectivity index (χ1v) is 9.89. The van der Waals surface area contributed by atoms with Crippen molar-refractivity contribution >= 4 is 27.7 Å². The number of likely N-dealkylation sites (tertiary alicyclic amines) is 1. The molecule has 2 aromatic rings. The van der Waals surface area contributed by atoms with Gasteiger partial charge in [0.05, 0.1) is 20.8 Å². The molecule has 0 saturated carbocycles. The summed E-state index contributed by atoms with van der Waals surface area (Å²) in [6.45, 7) is 2.23. The van der Waals surface area contributed by atoms with Crippen LogP contribution in [-0.2, 0) is 16.6 Å². The summed E-state index contributed by atoms with van der Waals surface area (Å²) >= 11 is 1.64. The average Bonchev–Trinajstić information content (AvgIpc) is 2.96. The number of nitrogens with zero attached hydrogens (tertiary/aromatic N) is 1. The first kappa shape index (κ1) is 14.4. The van der Waals surface area contributed by atoms with E-state index in [4.69, 9.17) is 0 Å². The standard InChI is InChI=1S/C18H19NOS2/c1-19-9-6-13(7-10-19)17-15-5-3-2-4-14(15)12-22(20)18-16(17)8-11-21-18/h2-5,8,11H,6-7,9-10,12H2,1H3/t22-/m1/s1. The average molecular weight is 329 g/mol. The van der Waals surface area contributed by atoms with Crippen LogP contribution in [0, 0.1) is 0 Å². The van der Waals surface area contributed by atoms with Gasteiger partial charge < -0.3 is 4.90 Å². The molecule has 2 aliphatic rings. The van der Waals surface area contributed by atoms with Crippen LogP contribution in [0.4, 0.5) is 0 Å². The van der Waals surface area contributed by atoms with E-state index in [-0.39, 0.29) is 0 Å². The molecule has 22 heavy (non-hydrogen) atoms. The van der Waals surface area contributed by atoms with Gasteiger partial charge in [0.1, 0.15) is 0 Å². The second kappa shape index (κ2) is 5.76. The molecule has 1 atom stereocenters. The van der Waals surface area contributed by atoms with E-state index in [0.29, 0.717) is 5.75 Å². The van der Waals surface area contributed by atoms with E-state index in [1.165, 1.54) is 27.8 Å². The van der Waals surface area contributed by atoms with E-state index < -0.39 is 10.8 Å². The highest BCUT2D eigenvalue weighted by Gasteiger charge is 2.26. The Kier molecular flexibility index (Phi) is 3.76. The fraction of sp³-hybridized carbons (Fsp3) is 0.333. The van der Waals surface area contributed by atoms with Crippen molar-refractivity contribution in [3.63, 3.8) is 0 Å². The monoisotopic (exact) mass is 329 g/mol. The van der Waals surface area contributed by atoms with Crippen LogP contribution in [0.25, 0.3) is 5.57 Å². The smallest absolute Gasteiger partial charge is 0.0992 e. The third-order valence-electron chi connectivity index (χ3n) is 4.62. The summed E-state index contributed by atoms with van der Waals surface area (Å²) in [6.07, 6.45) is 2.23. The molecule has 3 heterocycles. The van der Waals surface area contributed by atoms with Gasteiger partial charge in [-0.1, -0.05) is 29.8 Å². The van der Waals surface area contributed by atoms with Gasteiger partial charge in [0.2, 0.25) is 0 Å². The number of hydrogen-bond donors (Lipinski definition) is 0. The predicted molar refractivity (Wildman–Crippen MR) is 93.6 cm³/mol. The van der Waals surface area contributed by atoms with E-state index in [2.05, 4.69) is 47.7 Å². The van der Waals surface area contributed by atoms with Crippen LogP contribution < -0.4 is 0 Å². The Hall–Kier alpha value is -1.23. The molecule has 2 aliphatic heterocycles. The lowest BCUT2D eigenvalue weighted by Crippen LogP contribution is -2.27. The summed E-state index contributed by atoms with van der Waals surface area (Å²) in [5, 5.41) is 2.09. The largest absolute Gasteiger partial charge is 0.306 e. The molecule has 4 heteroatoms. The third-order valence-corrected chi connectivity index (χ3v) is 7.38. The lowest BCUT2D eigenvalue weighted by Gasteiger charge is -2.27. The van der Waals surface area contributed by atoms with Crippen molar-refractivity contribution in [3.8, 4) is 0 Å². The van der Waals surface area contributed by atoms with E-state index in [1.54, 1.807) is 11.3 Å². The highest BCUT2D eigenvalue weighted by molar-refractivity contribution is 7.86. The molecule has 4 rings (SSSR count). The molecule has 0 bridgehead atoms. The Morgan fingerprint density at radius 2 is 1.86 bits per heavy atom. The quantitative estimate of drug-likeness (QED) is 0.731. The summed E-state index contributed by atoms with van der Waals surface area (Å²) in [5.74, 6) is 0.639. The van der Waals surface area contributed by atoms with E-state index in [9.17, 15) is 4.21 Å². The molecule has 0 amide bonds. The van der Waals surface area contributed by atoms with Crippen molar-refractivity contribution in [1.29, 1.82) is 0 Å². The molecule has 2 nitrogen and oxygen atoms in total. The first-order valence-electron chi connectivity index (χ1n) is 7.69. The predicted octanol–water partition coefficient (Wildman–Crippen LogP) is 3.90. The Labute approximate surface area is 137 Å². The van der Waals surface area contributed by atoms with Crippen LogP contribution in [0.2, 0.25) is 0 Å². The molecule has 1 aromatic heterocycles. The molecular weight excluding hydrogens is 310 g/mol. The molecule has 114 valence electrons. The van der Waals surface area contributed by atoms with Crippen LogP contribution >= 0.6 is 11.3 Å². The van der Waals surface area contributed by atoms with Crippen LogP contribution in [-0.4, -0.2) is 29.2 Å².